The van der Waals surface area contributed by atoms with Gasteiger partial charge in [-0.3, -0.25) is 9.59 Å². The minimum atomic E-state index is -0.499. The van der Waals surface area contributed by atoms with Crippen molar-refractivity contribution in [3.63, 3.8) is 0 Å². The number of amides is 1. The van der Waals surface area contributed by atoms with Gasteiger partial charge in [-0.2, -0.15) is 0 Å². The van der Waals surface area contributed by atoms with Crippen LogP contribution in [0.4, 0.5) is 0 Å². The van der Waals surface area contributed by atoms with Crippen LogP contribution >= 0.6 is 0 Å². The number of nitrogens with zero attached hydrogens (tertiary/aromatic N) is 1. The third-order valence-electron chi connectivity index (χ3n) is 6.39. The summed E-state index contributed by atoms with van der Waals surface area (Å²) in [5, 5.41) is 0. The molecule has 5 nitrogen and oxygen atoms in total. The maximum absolute atomic E-state index is 12.7. The minimum absolute atomic E-state index is 0.0263. The summed E-state index contributed by atoms with van der Waals surface area (Å²) in [6, 6.07) is 9.84. The number of hydrogen-bond donors (Lipinski definition) is 0. The van der Waals surface area contributed by atoms with Crippen molar-refractivity contribution in [2.24, 2.45) is 0 Å². The lowest BCUT2D eigenvalue weighted by atomic mass is 9.82. The second-order valence-electron chi connectivity index (χ2n) is 8.76. The van der Waals surface area contributed by atoms with Gasteiger partial charge in [0.1, 0.15) is 17.1 Å². The van der Waals surface area contributed by atoms with Crippen molar-refractivity contribution < 1.29 is 19.1 Å². The van der Waals surface area contributed by atoms with E-state index < -0.39 is 5.60 Å². The summed E-state index contributed by atoms with van der Waals surface area (Å²) < 4.78 is 12.1. The zero-order chi connectivity index (χ0) is 21.5. The molecular formula is C25H29NO4. The van der Waals surface area contributed by atoms with Crippen molar-refractivity contribution in [3.8, 4) is 11.5 Å². The van der Waals surface area contributed by atoms with Crippen LogP contribution in [0.1, 0.15) is 51.9 Å². The fraction of sp³-hybridized carbons (Fsp3) is 0.440. The van der Waals surface area contributed by atoms with Gasteiger partial charge in [0.25, 0.3) is 5.91 Å². The van der Waals surface area contributed by atoms with Gasteiger partial charge in [0, 0.05) is 25.9 Å². The van der Waals surface area contributed by atoms with Crippen molar-refractivity contribution in [1.29, 1.82) is 0 Å². The molecule has 1 spiro atoms. The maximum atomic E-state index is 12.7. The highest BCUT2D eigenvalue weighted by atomic mass is 16.5. The summed E-state index contributed by atoms with van der Waals surface area (Å²) in [7, 11) is 0. The number of fused-ring (bicyclic) bond motifs is 1. The normalized spacial score (nSPS) is 17.5. The molecule has 1 fully saturated rings. The van der Waals surface area contributed by atoms with Crippen LogP contribution in [0.15, 0.2) is 30.3 Å². The van der Waals surface area contributed by atoms with Gasteiger partial charge in [0.05, 0.1) is 12.0 Å². The van der Waals surface area contributed by atoms with Crippen LogP contribution in [-0.2, 0) is 4.79 Å². The number of carbonyl (C=O) groups is 2. The van der Waals surface area contributed by atoms with Crippen LogP contribution in [0, 0.1) is 27.7 Å². The van der Waals surface area contributed by atoms with E-state index in [4.69, 9.17) is 9.47 Å². The van der Waals surface area contributed by atoms with Gasteiger partial charge in [0.2, 0.25) is 0 Å². The number of ketones is 1. The minimum Gasteiger partial charge on any atom is -0.486 e. The molecule has 0 saturated carbocycles. The molecule has 0 unspecified atom stereocenters. The predicted molar refractivity (Wildman–Crippen MR) is 115 cm³/mol. The Morgan fingerprint density at radius 1 is 1.07 bits per heavy atom. The molecule has 0 bridgehead atoms. The molecule has 4 rings (SSSR count). The number of rotatable bonds is 3. The third kappa shape index (κ3) is 3.93. The Hall–Kier alpha value is -2.82. The van der Waals surface area contributed by atoms with Gasteiger partial charge in [-0.1, -0.05) is 17.7 Å². The van der Waals surface area contributed by atoms with E-state index in [0.717, 1.165) is 28.0 Å². The van der Waals surface area contributed by atoms with Gasteiger partial charge in [0.15, 0.2) is 12.4 Å². The van der Waals surface area contributed by atoms with Gasteiger partial charge in [-0.25, -0.2) is 0 Å². The third-order valence-corrected chi connectivity index (χ3v) is 6.39. The number of carbonyl (C=O) groups excluding carboxylic acids is 2. The molecule has 0 aliphatic carbocycles. The largest absolute Gasteiger partial charge is 0.486 e. The van der Waals surface area contributed by atoms with E-state index in [1.807, 2.05) is 56.9 Å². The Bertz CT molecular complexity index is 1000. The summed E-state index contributed by atoms with van der Waals surface area (Å²) >= 11 is 0. The lowest BCUT2D eigenvalue weighted by Gasteiger charge is -2.44. The Kier molecular flexibility index (Phi) is 5.31. The number of benzene rings is 2. The molecular weight excluding hydrogens is 378 g/mol. The number of likely N-dealkylation sites (tertiary alicyclic amines) is 1. The Balaban J connectivity index is 1.37. The van der Waals surface area contributed by atoms with Crippen LogP contribution < -0.4 is 9.47 Å². The van der Waals surface area contributed by atoms with Crippen LogP contribution in [0.2, 0.25) is 0 Å². The predicted octanol–water partition coefficient (Wildman–Crippen LogP) is 4.33. The molecule has 1 saturated heterocycles. The van der Waals surface area contributed by atoms with Crippen molar-refractivity contribution in [2.75, 3.05) is 19.7 Å². The molecule has 0 radical (unpaired) electrons. The smallest absolute Gasteiger partial charge is 0.260 e. The van der Waals surface area contributed by atoms with Crippen LogP contribution in [0.25, 0.3) is 0 Å². The topological polar surface area (TPSA) is 55.8 Å². The average Bonchev–Trinajstić information content (AvgIpc) is 2.70. The lowest BCUT2D eigenvalue weighted by Crippen LogP contribution is -2.53. The van der Waals surface area contributed by atoms with Crippen molar-refractivity contribution in [2.45, 2.75) is 52.6 Å². The molecule has 0 aromatic heterocycles. The molecule has 2 heterocycles. The van der Waals surface area contributed by atoms with Crippen molar-refractivity contribution in [3.05, 3.63) is 58.1 Å². The molecule has 2 aliphatic heterocycles. The Morgan fingerprint density at radius 3 is 2.53 bits per heavy atom. The maximum Gasteiger partial charge on any atom is 0.260 e. The van der Waals surface area contributed by atoms with E-state index in [-0.39, 0.29) is 18.3 Å². The SMILES string of the molecule is Cc1cc(C)c(C)c(OCC(=O)N2CCC3(CC2)CC(=O)c2cc(C)ccc2O3)c1. The molecule has 2 aromatic rings. The van der Waals surface area contributed by atoms with E-state index in [1.165, 1.54) is 0 Å². The summed E-state index contributed by atoms with van der Waals surface area (Å²) in [4.78, 5) is 27.2. The Labute approximate surface area is 178 Å². The Morgan fingerprint density at radius 2 is 1.80 bits per heavy atom. The van der Waals surface area contributed by atoms with E-state index >= 15 is 0 Å². The first-order valence-corrected chi connectivity index (χ1v) is 10.6. The molecule has 2 aromatic carbocycles. The zero-order valence-corrected chi connectivity index (χ0v) is 18.2. The first-order valence-electron chi connectivity index (χ1n) is 10.6. The van der Waals surface area contributed by atoms with Gasteiger partial charge in [-0.15, -0.1) is 0 Å². The lowest BCUT2D eigenvalue weighted by molar-refractivity contribution is -0.136. The van der Waals surface area contributed by atoms with E-state index in [2.05, 4.69) is 6.07 Å². The number of ether oxygens (including phenoxy) is 2. The summed E-state index contributed by atoms with van der Waals surface area (Å²) in [6.07, 6.45) is 1.69. The highest BCUT2D eigenvalue weighted by Gasteiger charge is 2.43. The fourth-order valence-electron chi connectivity index (χ4n) is 4.43. The quantitative estimate of drug-likeness (QED) is 0.760. The molecule has 158 valence electrons. The van der Waals surface area contributed by atoms with E-state index in [0.29, 0.717) is 43.7 Å². The molecule has 5 heteroatoms. The van der Waals surface area contributed by atoms with Crippen LogP contribution in [0.3, 0.4) is 0 Å². The zero-order valence-electron chi connectivity index (χ0n) is 18.2. The van der Waals surface area contributed by atoms with E-state index in [1.54, 1.807) is 0 Å². The van der Waals surface area contributed by atoms with Crippen LogP contribution in [-0.4, -0.2) is 41.9 Å². The van der Waals surface area contributed by atoms with Crippen molar-refractivity contribution >= 4 is 11.7 Å². The van der Waals surface area contributed by atoms with Gasteiger partial charge >= 0.3 is 0 Å². The first-order chi connectivity index (χ1) is 14.3. The molecule has 1 amide bonds. The fourth-order valence-corrected chi connectivity index (χ4v) is 4.43. The number of Topliss-reactive ketones (excluding diaryl/α,β-unsaturated/α-hetero) is 1. The molecule has 0 N–H and O–H groups in total. The average molecular weight is 408 g/mol. The highest BCUT2D eigenvalue weighted by molar-refractivity contribution is 6.00. The number of hydrogen-bond acceptors (Lipinski definition) is 4. The summed E-state index contributed by atoms with van der Waals surface area (Å²) in [5.74, 6) is 1.54. The molecule has 2 aliphatic rings. The summed E-state index contributed by atoms with van der Waals surface area (Å²) in [5.41, 5.74) is 4.58. The second-order valence-corrected chi connectivity index (χ2v) is 8.76. The van der Waals surface area contributed by atoms with E-state index in [9.17, 15) is 9.59 Å². The molecule has 0 atom stereocenters. The van der Waals surface area contributed by atoms with Crippen molar-refractivity contribution in [1.82, 2.24) is 4.90 Å². The first kappa shape index (κ1) is 20.5. The standard InChI is InChI=1S/C25H29NO4/c1-16-5-6-22-20(12-16)21(27)14-25(30-22)7-9-26(10-8-25)24(28)15-29-23-13-17(2)11-18(3)19(23)4/h5-6,11-13H,7-10,14-15H2,1-4H3. The van der Waals surface area contributed by atoms with Gasteiger partial charge < -0.3 is 14.4 Å². The monoisotopic (exact) mass is 407 g/mol. The second kappa shape index (κ2) is 7.78. The van der Waals surface area contributed by atoms with Crippen LogP contribution in [0.5, 0.6) is 11.5 Å². The highest BCUT2D eigenvalue weighted by Crippen LogP contribution is 2.39. The summed E-state index contributed by atoms with van der Waals surface area (Å²) in [6.45, 7) is 9.23. The molecule has 30 heavy (non-hydrogen) atoms. The number of piperidine rings is 1. The number of aryl methyl sites for hydroxylation is 3. The van der Waals surface area contributed by atoms with Gasteiger partial charge in [-0.05, 0) is 62.6 Å².